The van der Waals surface area contributed by atoms with E-state index in [1.807, 2.05) is 57.6 Å². The quantitative estimate of drug-likeness (QED) is 0.322. The van der Waals surface area contributed by atoms with Gasteiger partial charge in [0.15, 0.2) is 0 Å². The van der Waals surface area contributed by atoms with Crippen molar-refractivity contribution in [3.8, 4) is 0 Å². The first-order valence-corrected chi connectivity index (χ1v) is 8.51. The number of hydrogen-bond acceptors (Lipinski definition) is 4. The van der Waals surface area contributed by atoms with E-state index in [4.69, 9.17) is 9.63 Å². The summed E-state index contributed by atoms with van der Waals surface area (Å²) in [5, 5.41) is 0. The number of hydrogen-bond donors (Lipinski definition) is 1. The van der Waals surface area contributed by atoms with Gasteiger partial charge >= 0.3 is 0 Å². The third-order valence-corrected chi connectivity index (χ3v) is 3.73. The molecular formula is C15H24NO5P. The highest BCUT2D eigenvalue weighted by atomic mass is 31.2. The van der Waals surface area contributed by atoms with Crippen molar-refractivity contribution in [3.63, 3.8) is 0 Å². The predicted molar refractivity (Wildman–Crippen MR) is 83.6 cm³/mol. The number of phosphoric acid groups is 1. The van der Waals surface area contributed by atoms with Gasteiger partial charge in [-0.2, -0.15) is 0 Å². The summed E-state index contributed by atoms with van der Waals surface area (Å²) >= 11 is 0. The summed E-state index contributed by atoms with van der Waals surface area (Å²) < 4.78 is 21.2. The maximum absolute atomic E-state index is 10.7. The number of likely N-dealkylation sites (N-methyl/N-ethyl adjacent to an activating group) is 1. The van der Waals surface area contributed by atoms with Gasteiger partial charge in [0, 0.05) is 6.42 Å². The van der Waals surface area contributed by atoms with Gasteiger partial charge in [-0.1, -0.05) is 30.3 Å². The predicted octanol–water partition coefficient (Wildman–Crippen LogP) is 1.62. The average molecular weight is 329 g/mol. The van der Waals surface area contributed by atoms with Crippen LogP contribution in [0.4, 0.5) is 0 Å². The molecule has 6 nitrogen and oxygen atoms in total. The number of rotatable bonds is 9. The minimum absolute atomic E-state index is 0.0768. The molecule has 2 atom stereocenters. The van der Waals surface area contributed by atoms with Crippen LogP contribution in [-0.4, -0.2) is 49.8 Å². The first kappa shape index (κ1) is 18.9. The zero-order valence-corrected chi connectivity index (χ0v) is 14.1. The van der Waals surface area contributed by atoms with Crippen molar-refractivity contribution < 1.29 is 28.1 Å². The molecule has 7 heteroatoms. The Morgan fingerprint density at radius 1 is 1.32 bits per heavy atom. The summed E-state index contributed by atoms with van der Waals surface area (Å²) in [7, 11) is 1.11. The van der Waals surface area contributed by atoms with E-state index in [-0.39, 0.29) is 12.6 Å². The van der Waals surface area contributed by atoms with Crippen LogP contribution in [0.1, 0.15) is 12.0 Å². The fraction of sp³-hybridized carbons (Fsp3) is 0.467. The van der Waals surface area contributed by atoms with E-state index in [1.165, 1.54) is 0 Å². The van der Waals surface area contributed by atoms with E-state index < -0.39 is 7.82 Å². The molecule has 1 N–H and O–H groups in total. The Morgan fingerprint density at radius 3 is 2.50 bits per heavy atom. The van der Waals surface area contributed by atoms with Crippen molar-refractivity contribution in [1.82, 2.24) is 0 Å². The van der Waals surface area contributed by atoms with Gasteiger partial charge in [0.05, 0.1) is 34.0 Å². The molecule has 0 radical (unpaired) electrons. The van der Waals surface area contributed by atoms with Gasteiger partial charge in [-0.3, -0.25) is 4.57 Å². The summed E-state index contributed by atoms with van der Waals surface area (Å²) in [5.74, 6) is 0. The van der Waals surface area contributed by atoms with Crippen LogP contribution in [0.15, 0.2) is 36.6 Å². The fourth-order valence-electron chi connectivity index (χ4n) is 1.84. The minimum atomic E-state index is -4.69. The second kappa shape index (κ2) is 8.46. The molecule has 1 aromatic carbocycles. The van der Waals surface area contributed by atoms with E-state index in [2.05, 4.69) is 4.52 Å². The van der Waals surface area contributed by atoms with Crippen LogP contribution in [0.5, 0.6) is 0 Å². The van der Waals surface area contributed by atoms with Crippen molar-refractivity contribution in [3.05, 3.63) is 42.2 Å². The van der Waals surface area contributed by atoms with Gasteiger partial charge in [0.2, 0.25) is 0 Å². The molecule has 0 spiro atoms. The summed E-state index contributed by atoms with van der Waals surface area (Å²) in [5.41, 5.74) is 1.04. The third-order valence-electron chi connectivity index (χ3n) is 3.25. The molecule has 2 unspecified atom stereocenters. The Labute approximate surface area is 131 Å². The number of nitrogens with zero attached hydrogens (tertiary/aromatic N) is 1. The van der Waals surface area contributed by atoms with Crippen LogP contribution in [0.2, 0.25) is 0 Å². The highest BCUT2D eigenvalue weighted by molar-refractivity contribution is 7.44. The van der Waals surface area contributed by atoms with Crippen LogP contribution < -0.4 is 4.89 Å². The molecular weight excluding hydrogens is 305 g/mol. The lowest BCUT2D eigenvalue weighted by Crippen LogP contribution is -2.48. The van der Waals surface area contributed by atoms with Crippen molar-refractivity contribution in [2.75, 3.05) is 34.4 Å². The largest absolute Gasteiger partial charge is 0.756 e. The van der Waals surface area contributed by atoms with E-state index in [0.29, 0.717) is 17.5 Å². The summed E-state index contributed by atoms with van der Waals surface area (Å²) in [6, 6.07) is 9.66. The molecule has 124 valence electrons. The zero-order chi connectivity index (χ0) is 16.6. The monoisotopic (exact) mass is 329 g/mol. The molecule has 0 aliphatic heterocycles. The van der Waals surface area contributed by atoms with Gasteiger partial charge in [-0.05, 0) is 11.6 Å². The Balaban J connectivity index is 2.40. The standard InChI is InChI=1S/C15H24NO5P/c1-16(2,3)15(13-21-22(17,18)19)10-12-20-11-9-14-7-5-4-6-8-14/h4-9,11,15H,10,12-13H2,1-3H3,(H-,17,18,19). The second-order valence-electron chi connectivity index (χ2n) is 5.91. The van der Waals surface area contributed by atoms with Gasteiger partial charge in [-0.25, -0.2) is 0 Å². The highest BCUT2D eigenvalue weighted by Crippen LogP contribution is 2.31. The molecule has 0 fully saturated rings. The fourth-order valence-corrected chi connectivity index (χ4v) is 2.20. The number of benzene rings is 1. The Morgan fingerprint density at radius 2 is 1.95 bits per heavy atom. The maximum Gasteiger partial charge on any atom is 0.265 e. The summed E-state index contributed by atoms with van der Waals surface area (Å²) in [4.78, 5) is 19.4. The van der Waals surface area contributed by atoms with Crippen molar-refractivity contribution in [2.45, 2.75) is 12.5 Å². The molecule has 0 aliphatic rings. The van der Waals surface area contributed by atoms with Crippen molar-refractivity contribution in [1.29, 1.82) is 0 Å². The van der Waals surface area contributed by atoms with Crippen LogP contribution in [-0.2, 0) is 13.8 Å². The first-order chi connectivity index (χ1) is 10.2. The zero-order valence-electron chi connectivity index (χ0n) is 13.2. The smallest absolute Gasteiger partial charge is 0.265 e. The van der Waals surface area contributed by atoms with E-state index in [9.17, 15) is 9.46 Å². The van der Waals surface area contributed by atoms with Crippen molar-refractivity contribution in [2.24, 2.45) is 0 Å². The Bertz CT molecular complexity index is 506. The van der Waals surface area contributed by atoms with Crippen LogP contribution >= 0.6 is 7.82 Å². The molecule has 0 amide bonds. The van der Waals surface area contributed by atoms with E-state index >= 15 is 0 Å². The minimum Gasteiger partial charge on any atom is -0.756 e. The Hall–Kier alpha value is -1.17. The molecule has 0 saturated carbocycles. The van der Waals surface area contributed by atoms with Crippen molar-refractivity contribution >= 4 is 13.9 Å². The molecule has 22 heavy (non-hydrogen) atoms. The topological polar surface area (TPSA) is 78.8 Å². The SMILES string of the molecule is C[N+](C)(C)C(CCOC=Cc1ccccc1)COP(=O)([O-])O. The molecule has 0 aromatic heterocycles. The molecule has 1 rings (SSSR count). The lowest BCUT2D eigenvalue weighted by molar-refractivity contribution is -0.896. The number of ether oxygens (including phenoxy) is 1. The maximum atomic E-state index is 10.7. The highest BCUT2D eigenvalue weighted by Gasteiger charge is 2.25. The van der Waals surface area contributed by atoms with Crippen LogP contribution in [0, 0.1) is 0 Å². The van der Waals surface area contributed by atoms with E-state index in [1.54, 1.807) is 6.26 Å². The van der Waals surface area contributed by atoms with Gasteiger partial charge in [0.1, 0.15) is 12.6 Å². The molecule has 1 aromatic rings. The lowest BCUT2D eigenvalue weighted by atomic mass is 10.2. The molecule has 0 aliphatic carbocycles. The lowest BCUT2D eigenvalue weighted by Gasteiger charge is -2.34. The summed E-state index contributed by atoms with van der Waals surface area (Å²) in [6.45, 7) is 0.355. The molecule has 0 saturated heterocycles. The first-order valence-electron chi connectivity index (χ1n) is 7.01. The van der Waals surface area contributed by atoms with Gasteiger partial charge < -0.3 is 23.5 Å². The number of quaternary nitrogens is 1. The van der Waals surface area contributed by atoms with Gasteiger partial charge in [-0.15, -0.1) is 0 Å². The second-order valence-corrected chi connectivity index (χ2v) is 7.10. The van der Waals surface area contributed by atoms with Crippen LogP contribution in [0.3, 0.4) is 0 Å². The summed E-state index contributed by atoms with van der Waals surface area (Å²) in [6.07, 6.45) is 4.08. The third kappa shape index (κ3) is 8.32. The van der Waals surface area contributed by atoms with Crippen LogP contribution in [0.25, 0.3) is 6.08 Å². The number of phosphoric ester groups is 1. The normalized spacial score (nSPS) is 16.4. The molecule has 0 bridgehead atoms. The molecule has 0 heterocycles. The van der Waals surface area contributed by atoms with Gasteiger partial charge in [0.25, 0.3) is 7.82 Å². The van der Waals surface area contributed by atoms with E-state index in [0.717, 1.165) is 5.56 Å². The average Bonchev–Trinajstić information content (AvgIpc) is 2.40. The Kier molecular flexibility index (Phi) is 7.26.